The monoisotopic (exact) mass is 175 g/mol. The second kappa shape index (κ2) is 3.01. The van der Waals surface area contributed by atoms with E-state index in [1.165, 1.54) is 5.39 Å². The Kier molecular flexibility index (Phi) is 1.85. The molecule has 0 aromatic carbocycles. The zero-order valence-corrected chi connectivity index (χ0v) is 7.69. The van der Waals surface area contributed by atoms with Crippen LogP contribution in [0.1, 0.15) is 5.69 Å². The van der Waals surface area contributed by atoms with Crippen molar-refractivity contribution < 1.29 is 9.57 Å². The van der Waals surface area contributed by atoms with Gasteiger partial charge in [0.05, 0.1) is 11.1 Å². The molecular weight excluding hydrogens is 164 g/mol. The molecule has 0 fully saturated rings. The molecule has 0 atom stereocenters. The number of rotatable bonds is 1. The Hall–Kier alpha value is -1.64. The predicted octanol–water partition coefficient (Wildman–Crippen LogP) is 0.889. The molecule has 2 rings (SSSR count). The number of fused-ring (bicyclic) bond motifs is 1. The average molecular weight is 175 g/mol. The highest BCUT2D eigenvalue weighted by Crippen LogP contribution is 2.12. The van der Waals surface area contributed by atoms with Gasteiger partial charge in [0, 0.05) is 17.0 Å². The van der Waals surface area contributed by atoms with Crippen molar-refractivity contribution >= 4 is 10.8 Å². The van der Waals surface area contributed by atoms with Gasteiger partial charge >= 0.3 is 0 Å². The number of hydrogen-bond acceptors (Lipinski definition) is 2. The molecule has 0 unspecified atom stereocenters. The van der Waals surface area contributed by atoms with Crippen LogP contribution in [-0.4, -0.2) is 12.1 Å². The summed E-state index contributed by atoms with van der Waals surface area (Å²) < 4.78 is 1.66. The van der Waals surface area contributed by atoms with E-state index < -0.39 is 0 Å². The fourth-order valence-corrected chi connectivity index (χ4v) is 1.35. The van der Waals surface area contributed by atoms with Crippen LogP contribution < -0.4 is 9.57 Å². The summed E-state index contributed by atoms with van der Waals surface area (Å²) in [7, 11) is 1.64. The van der Waals surface area contributed by atoms with Gasteiger partial charge in [0.2, 0.25) is 12.4 Å². The molecule has 2 heterocycles. The molecule has 2 aromatic heterocycles. The third-order valence-corrected chi connectivity index (χ3v) is 2.09. The summed E-state index contributed by atoms with van der Waals surface area (Å²) in [6, 6.07) is 4.00. The van der Waals surface area contributed by atoms with E-state index in [2.05, 4.69) is 4.98 Å². The molecule has 13 heavy (non-hydrogen) atoms. The summed E-state index contributed by atoms with van der Waals surface area (Å²) in [6.07, 6.45) is 5.62. The van der Waals surface area contributed by atoms with Gasteiger partial charge in [-0.3, -0.25) is 9.82 Å². The molecule has 0 radical (unpaired) electrons. The van der Waals surface area contributed by atoms with E-state index in [0.717, 1.165) is 11.1 Å². The van der Waals surface area contributed by atoms with Crippen LogP contribution in [0.4, 0.5) is 0 Å². The minimum Gasteiger partial charge on any atom is -0.275 e. The second-order valence-corrected chi connectivity index (χ2v) is 2.89. The first-order valence-corrected chi connectivity index (χ1v) is 4.12. The fourth-order valence-electron chi connectivity index (χ4n) is 1.35. The van der Waals surface area contributed by atoms with Gasteiger partial charge in [-0.15, -0.1) is 0 Å². The van der Waals surface area contributed by atoms with Crippen LogP contribution in [0.5, 0.6) is 0 Å². The van der Waals surface area contributed by atoms with E-state index >= 15 is 0 Å². The summed E-state index contributed by atoms with van der Waals surface area (Å²) in [4.78, 5) is 9.28. The Labute approximate surface area is 76.6 Å². The van der Waals surface area contributed by atoms with Crippen molar-refractivity contribution in [2.45, 2.75) is 6.92 Å². The van der Waals surface area contributed by atoms with E-state index in [9.17, 15) is 0 Å². The standard InChI is InChI=1S/C10H11N2O/c1-8-10-7-12(13-2)6-4-9(10)3-5-11-8/h3-7H,1-2H3/q+1. The number of nitrogens with zero attached hydrogens (tertiary/aromatic N) is 2. The van der Waals surface area contributed by atoms with Crippen molar-refractivity contribution in [2.24, 2.45) is 0 Å². The summed E-state index contributed by atoms with van der Waals surface area (Å²) >= 11 is 0. The van der Waals surface area contributed by atoms with E-state index in [0.29, 0.717) is 0 Å². The van der Waals surface area contributed by atoms with Crippen molar-refractivity contribution in [3.8, 4) is 0 Å². The first-order chi connectivity index (χ1) is 6.31. The van der Waals surface area contributed by atoms with Gasteiger partial charge in [0.1, 0.15) is 7.11 Å². The highest BCUT2D eigenvalue weighted by atomic mass is 16.6. The van der Waals surface area contributed by atoms with Gasteiger partial charge in [-0.25, -0.2) is 0 Å². The van der Waals surface area contributed by atoms with Crippen molar-refractivity contribution in [3.05, 3.63) is 36.4 Å². The minimum atomic E-state index is 1.02. The topological polar surface area (TPSA) is 26.0 Å². The smallest absolute Gasteiger partial charge is 0.232 e. The largest absolute Gasteiger partial charge is 0.275 e. The molecule has 0 aliphatic carbocycles. The molecule has 2 aromatic rings. The highest BCUT2D eigenvalue weighted by Gasteiger charge is 2.04. The Balaban J connectivity index is 2.74. The Morgan fingerprint density at radius 3 is 3.00 bits per heavy atom. The lowest BCUT2D eigenvalue weighted by atomic mass is 10.2. The second-order valence-electron chi connectivity index (χ2n) is 2.89. The molecule has 3 nitrogen and oxygen atoms in total. The van der Waals surface area contributed by atoms with Gasteiger partial charge < -0.3 is 0 Å². The van der Waals surface area contributed by atoms with Gasteiger partial charge in [0.25, 0.3) is 0 Å². The molecule has 0 saturated carbocycles. The minimum absolute atomic E-state index is 1.02. The van der Waals surface area contributed by atoms with Crippen LogP contribution in [0.15, 0.2) is 30.7 Å². The summed E-state index contributed by atoms with van der Waals surface area (Å²) in [5, 5.41) is 2.30. The van der Waals surface area contributed by atoms with E-state index in [1.54, 1.807) is 11.8 Å². The number of hydrogen-bond donors (Lipinski definition) is 0. The number of aryl methyl sites for hydroxylation is 1. The SMILES string of the molecule is CO[n+]1ccc2ccnc(C)c2c1. The first-order valence-electron chi connectivity index (χ1n) is 4.12. The van der Waals surface area contributed by atoms with Crippen LogP contribution in [0.25, 0.3) is 10.8 Å². The lowest BCUT2D eigenvalue weighted by Crippen LogP contribution is -2.39. The molecule has 0 saturated heterocycles. The van der Waals surface area contributed by atoms with Gasteiger partial charge in [-0.05, 0) is 18.4 Å². The van der Waals surface area contributed by atoms with Crippen LogP contribution in [-0.2, 0) is 0 Å². The molecule has 0 aliphatic heterocycles. The quantitative estimate of drug-likeness (QED) is 0.601. The van der Waals surface area contributed by atoms with Gasteiger partial charge in [0.15, 0.2) is 0 Å². The average Bonchev–Trinajstić information content (AvgIpc) is 2.18. The van der Waals surface area contributed by atoms with Crippen molar-refractivity contribution in [1.82, 2.24) is 4.98 Å². The van der Waals surface area contributed by atoms with Crippen LogP contribution >= 0.6 is 0 Å². The first kappa shape index (κ1) is 7.98. The lowest BCUT2D eigenvalue weighted by molar-refractivity contribution is -0.884. The third kappa shape index (κ3) is 1.33. The van der Waals surface area contributed by atoms with Crippen molar-refractivity contribution in [2.75, 3.05) is 7.11 Å². The third-order valence-electron chi connectivity index (χ3n) is 2.09. The molecule has 0 spiro atoms. The molecule has 0 bridgehead atoms. The maximum absolute atomic E-state index is 5.07. The maximum atomic E-state index is 5.07. The zero-order chi connectivity index (χ0) is 9.26. The molecule has 66 valence electrons. The molecular formula is C10H11N2O+. The van der Waals surface area contributed by atoms with Crippen molar-refractivity contribution in [1.29, 1.82) is 0 Å². The highest BCUT2D eigenvalue weighted by molar-refractivity contribution is 5.82. The summed E-state index contributed by atoms with van der Waals surface area (Å²) in [5.41, 5.74) is 1.02. The zero-order valence-electron chi connectivity index (χ0n) is 7.69. The number of aromatic nitrogens is 2. The van der Waals surface area contributed by atoms with E-state index in [4.69, 9.17) is 4.84 Å². The summed E-state index contributed by atoms with van der Waals surface area (Å²) in [5.74, 6) is 0. The van der Waals surface area contributed by atoms with Gasteiger partial charge in [-0.2, -0.15) is 0 Å². The fraction of sp³-hybridized carbons (Fsp3) is 0.200. The Morgan fingerprint density at radius 2 is 2.23 bits per heavy atom. The van der Waals surface area contributed by atoms with Gasteiger partial charge in [-0.1, -0.05) is 0 Å². The van der Waals surface area contributed by atoms with Crippen LogP contribution in [0, 0.1) is 6.92 Å². The number of pyridine rings is 2. The normalized spacial score (nSPS) is 10.3. The lowest BCUT2D eigenvalue weighted by Gasteiger charge is -1.97. The predicted molar refractivity (Wildman–Crippen MR) is 49.2 cm³/mol. The molecule has 0 aliphatic rings. The molecule has 0 N–H and O–H groups in total. The Morgan fingerprint density at radius 1 is 1.38 bits per heavy atom. The van der Waals surface area contributed by atoms with Crippen LogP contribution in [0.3, 0.4) is 0 Å². The van der Waals surface area contributed by atoms with Crippen molar-refractivity contribution in [3.63, 3.8) is 0 Å². The van der Waals surface area contributed by atoms with E-state index in [-0.39, 0.29) is 0 Å². The van der Waals surface area contributed by atoms with E-state index in [1.807, 2.05) is 37.6 Å². The maximum Gasteiger partial charge on any atom is 0.232 e. The van der Waals surface area contributed by atoms with Crippen LogP contribution in [0.2, 0.25) is 0 Å². The Bertz CT molecular complexity index is 440. The molecule has 0 amide bonds. The molecule has 3 heteroatoms. The summed E-state index contributed by atoms with van der Waals surface area (Å²) in [6.45, 7) is 1.99.